The molecule has 1 aromatic carbocycles. The zero-order chi connectivity index (χ0) is 15.1. The van der Waals surface area contributed by atoms with Crippen LogP contribution in [0, 0.1) is 12.7 Å². The first-order valence-corrected chi connectivity index (χ1v) is 7.31. The predicted octanol–water partition coefficient (Wildman–Crippen LogP) is 3.04. The van der Waals surface area contributed by atoms with E-state index in [-0.39, 0.29) is 17.3 Å². The normalized spacial score (nSPS) is 19.0. The number of aryl methyl sites for hydroxylation is 1. The summed E-state index contributed by atoms with van der Waals surface area (Å²) in [5, 5.41) is 3.84. The molecule has 0 amide bonds. The summed E-state index contributed by atoms with van der Waals surface area (Å²) in [6.45, 7) is 3.30. The molecule has 22 heavy (non-hydrogen) atoms. The van der Waals surface area contributed by atoms with Gasteiger partial charge in [0.15, 0.2) is 17.2 Å². The summed E-state index contributed by atoms with van der Waals surface area (Å²) in [6.07, 6.45) is 1.94. The molecule has 1 fully saturated rings. The van der Waals surface area contributed by atoms with E-state index < -0.39 is 0 Å². The zero-order valence-electron chi connectivity index (χ0n) is 12.1. The van der Waals surface area contributed by atoms with E-state index in [0.29, 0.717) is 29.9 Å². The van der Waals surface area contributed by atoms with Gasteiger partial charge in [-0.2, -0.15) is 9.97 Å². The molecule has 0 aliphatic carbocycles. The van der Waals surface area contributed by atoms with Crippen molar-refractivity contribution in [2.45, 2.75) is 25.7 Å². The molecule has 0 saturated carbocycles. The summed E-state index contributed by atoms with van der Waals surface area (Å²) >= 11 is 0. The van der Waals surface area contributed by atoms with Gasteiger partial charge in [-0.1, -0.05) is 11.2 Å². The van der Waals surface area contributed by atoms with Crippen molar-refractivity contribution < 1.29 is 13.3 Å². The lowest BCUT2D eigenvalue weighted by Crippen LogP contribution is -2.34. The van der Waals surface area contributed by atoms with Crippen LogP contribution in [0.3, 0.4) is 0 Å². The maximum atomic E-state index is 13.7. The topological polar surface area (TPSA) is 68.2 Å². The molecular weight excluding hydrogens is 287 g/mol. The molecule has 1 saturated heterocycles. The summed E-state index contributed by atoms with van der Waals surface area (Å²) < 4.78 is 24.7. The monoisotopic (exact) mass is 302 g/mol. The molecule has 1 aliphatic heterocycles. The lowest BCUT2D eigenvalue weighted by molar-refractivity contribution is 0.328. The second-order valence-corrected chi connectivity index (χ2v) is 5.55. The van der Waals surface area contributed by atoms with E-state index >= 15 is 0 Å². The van der Waals surface area contributed by atoms with Gasteiger partial charge in [0.2, 0.25) is 5.89 Å². The largest absolute Gasteiger partial charge is 0.423 e. The molecule has 114 valence electrons. The number of anilines is 1. The van der Waals surface area contributed by atoms with E-state index in [1.54, 1.807) is 19.1 Å². The van der Waals surface area contributed by atoms with Crippen molar-refractivity contribution >= 4 is 17.1 Å². The fraction of sp³-hybridized carbons (Fsp3) is 0.400. The highest BCUT2D eigenvalue weighted by atomic mass is 19.1. The highest BCUT2D eigenvalue weighted by Crippen LogP contribution is 2.31. The smallest absolute Gasteiger partial charge is 0.298 e. The van der Waals surface area contributed by atoms with Gasteiger partial charge in [0.05, 0.1) is 5.92 Å². The SMILES string of the molecule is Cc1noc(C2CCCN(c3nc4c(F)cccc4o3)C2)n1. The van der Waals surface area contributed by atoms with Crippen molar-refractivity contribution in [1.29, 1.82) is 0 Å². The van der Waals surface area contributed by atoms with Crippen LogP contribution >= 0.6 is 0 Å². The summed E-state index contributed by atoms with van der Waals surface area (Å²) in [4.78, 5) is 10.6. The van der Waals surface area contributed by atoms with Crippen molar-refractivity contribution in [2.24, 2.45) is 0 Å². The van der Waals surface area contributed by atoms with E-state index in [2.05, 4.69) is 15.1 Å². The molecule has 1 atom stereocenters. The van der Waals surface area contributed by atoms with Crippen LogP contribution in [-0.4, -0.2) is 28.2 Å². The highest BCUT2D eigenvalue weighted by molar-refractivity contribution is 5.75. The Bertz CT molecular complexity index is 813. The fourth-order valence-electron chi connectivity index (χ4n) is 2.87. The van der Waals surface area contributed by atoms with Crippen molar-refractivity contribution in [1.82, 2.24) is 15.1 Å². The van der Waals surface area contributed by atoms with Crippen LogP contribution in [0.1, 0.15) is 30.5 Å². The molecule has 3 aromatic rings. The molecule has 0 spiro atoms. The number of nitrogens with zero attached hydrogens (tertiary/aromatic N) is 4. The van der Waals surface area contributed by atoms with Crippen molar-refractivity contribution in [2.75, 3.05) is 18.0 Å². The Hall–Kier alpha value is -2.44. The third-order valence-electron chi connectivity index (χ3n) is 3.94. The predicted molar refractivity (Wildman–Crippen MR) is 77.2 cm³/mol. The number of hydrogen-bond donors (Lipinski definition) is 0. The molecule has 3 heterocycles. The Morgan fingerprint density at radius 1 is 1.32 bits per heavy atom. The van der Waals surface area contributed by atoms with Gasteiger partial charge in [-0.3, -0.25) is 0 Å². The molecule has 0 bridgehead atoms. The maximum absolute atomic E-state index is 13.7. The highest BCUT2D eigenvalue weighted by Gasteiger charge is 2.28. The van der Waals surface area contributed by atoms with Gasteiger partial charge in [-0.05, 0) is 31.9 Å². The van der Waals surface area contributed by atoms with Gasteiger partial charge in [0.25, 0.3) is 6.01 Å². The summed E-state index contributed by atoms with van der Waals surface area (Å²) in [7, 11) is 0. The summed E-state index contributed by atoms with van der Waals surface area (Å²) in [5.74, 6) is 1.06. The quantitative estimate of drug-likeness (QED) is 0.724. The van der Waals surface area contributed by atoms with Crippen LogP contribution < -0.4 is 4.90 Å². The van der Waals surface area contributed by atoms with Gasteiger partial charge >= 0.3 is 0 Å². The van der Waals surface area contributed by atoms with E-state index in [9.17, 15) is 4.39 Å². The third kappa shape index (κ3) is 2.22. The fourth-order valence-corrected chi connectivity index (χ4v) is 2.87. The van der Waals surface area contributed by atoms with Crippen molar-refractivity contribution in [3.63, 3.8) is 0 Å². The molecular formula is C15H15FN4O2. The number of hydrogen-bond acceptors (Lipinski definition) is 6. The minimum Gasteiger partial charge on any atom is -0.423 e. The Morgan fingerprint density at radius 3 is 3.00 bits per heavy atom. The second kappa shape index (κ2) is 5.08. The minimum atomic E-state index is -0.367. The van der Waals surface area contributed by atoms with Crippen molar-refractivity contribution in [3.05, 3.63) is 35.7 Å². The molecule has 0 N–H and O–H groups in total. The molecule has 1 unspecified atom stereocenters. The number of piperidine rings is 1. The van der Waals surface area contributed by atoms with E-state index in [4.69, 9.17) is 8.94 Å². The summed E-state index contributed by atoms with van der Waals surface area (Å²) in [5.41, 5.74) is 0.735. The van der Waals surface area contributed by atoms with Gasteiger partial charge < -0.3 is 13.8 Å². The number of rotatable bonds is 2. The number of benzene rings is 1. The lowest BCUT2D eigenvalue weighted by atomic mass is 9.98. The average Bonchev–Trinajstić information content (AvgIpc) is 3.14. The molecule has 1 aliphatic rings. The molecule has 7 heteroatoms. The first-order chi connectivity index (χ1) is 10.7. The standard InChI is InChI=1S/C15H15FN4O2/c1-9-17-14(22-19-9)10-4-3-7-20(8-10)15-18-13-11(16)5-2-6-12(13)21-15/h2,5-6,10H,3-4,7-8H2,1H3. The van der Waals surface area contributed by atoms with Crippen LogP contribution in [0.15, 0.2) is 27.1 Å². The van der Waals surface area contributed by atoms with E-state index in [1.165, 1.54) is 6.07 Å². The van der Waals surface area contributed by atoms with Gasteiger partial charge in [0.1, 0.15) is 5.52 Å². The minimum absolute atomic E-state index is 0.148. The number of oxazole rings is 1. The van der Waals surface area contributed by atoms with E-state index in [0.717, 1.165) is 19.4 Å². The maximum Gasteiger partial charge on any atom is 0.298 e. The number of para-hydroxylation sites is 1. The van der Waals surface area contributed by atoms with Crippen LogP contribution in [0.4, 0.5) is 10.4 Å². The Balaban J connectivity index is 1.62. The first-order valence-electron chi connectivity index (χ1n) is 7.31. The van der Waals surface area contributed by atoms with Crippen LogP contribution in [0.2, 0.25) is 0 Å². The van der Waals surface area contributed by atoms with Crippen LogP contribution in [0.25, 0.3) is 11.1 Å². The molecule has 0 radical (unpaired) electrons. The number of fused-ring (bicyclic) bond motifs is 1. The van der Waals surface area contributed by atoms with Crippen molar-refractivity contribution in [3.8, 4) is 0 Å². The van der Waals surface area contributed by atoms with E-state index in [1.807, 2.05) is 4.90 Å². The Morgan fingerprint density at radius 2 is 2.23 bits per heavy atom. The zero-order valence-corrected chi connectivity index (χ0v) is 12.1. The first kappa shape index (κ1) is 13.2. The number of aromatic nitrogens is 3. The lowest BCUT2D eigenvalue weighted by Gasteiger charge is -2.29. The van der Waals surface area contributed by atoms with Crippen LogP contribution in [-0.2, 0) is 0 Å². The van der Waals surface area contributed by atoms with Gasteiger partial charge in [-0.15, -0.1) is 0 Å². The molecule has 2 aromatic heterocycles. The van der Waals surface area contributed by atoms with Crippen LogP contribution in [0.5, 0.6) is 0 Å². The summed E-state index contributed by atoms with van der Waals surface area (Å²) in [6, 6.07) is 5.17. The van der Waals surface area contributed by atoms with Gasteiger partial charge in [0, 0.05) is 13.1 Å². The third-order valence-corrected chi connectivity index (χ3v) is 3.94. The number of halogens is 1. The molecule has 4 rings (SSSR count). The molecule has 6 nitrogen and oxygen atoms in total. The van der Waals surface area contributed by atoms with Gasteiger partial charge in [-0.25, -0.2) is 4.39 Å². The average molecular weight is 302 g/mol. The Kier molecular flexibility index (Phi) is 3.06. The second-order valence-electron chi connectivity index (χ2n) is 5.55. The Labute approximate surface area is 125 Å².